The Morgan fingerprint density at radius 2 is 2.13 bits per heavy atom. The zero-order chi connectivity index (χ0) is 16.1. The smallest absolute Gasteiger partial charge is 0.210 e. The molecule has 126 valence electrons. The highest BCUT2D eigenvalue weighted by molar-refractivity contribution is 5.79. The summed E-state index contributed by atoms with van der Waals surface area (Å²) < 4.78 is 11.2. The van der Waals surface area contributed by atoms with Gasteiger partial charge in [0.15, 0.2) is 11.5 Å². The van der Waals surface area contributed by atoms with Crippen LogP contribution in [0.1, 0.15) is 38.2 Å². The highest BCUT2D eigenvalue weighted by Crippen LogP contribution is 2.29. The van der Waals surface area contributed by atoms with E-state index in [1.54, 1.807) is 7.11 Å². The van der Waals surface area contributed by atoms with Crippen LogP contribution in [-0.4, -0.2) is 31.8 Å². The number of amidine groups is 1. The third-order valence-corrected chi connectivity index (χ3v) is 4.24. The molecular formula is C17H25N3O3. The molecule has 0 unspecified atom stereocenters. The Kier molecular flexibility index (Phi) is 5.35. The van der Waals surface area contributed by atoms with E-state index in [0.717, 1.165) is 18.1 Å². The molecule has 6 nitrogen and oxygen atoms in total. The Morgan fingerprint density at radius 1 is 1.30 bits per heavy atom. The monoisotopic (exact) mass is 319 g/mol. The van der Waals surface area contributed by atoms with E-state index in [1.807, 2.05) is 19.1 Å². The van der Waals surface area contributed by atoms with E-state index in [2.05, 4.69) is 21.9 Å². The first-order valence-corrected chi connectivity index (χ1v) is 8.24. The number of nitrogens with zero attached hydrogens (tertiary/aromatic N) is 1. The summed E-state index contributed by atoms with van der Waals surface area (Å²) in [6.07, 6.45) is 4.94. The van der Waals surface area contributed by atoms with Crippen molar-refractivity contribution in [3.05, 3.63) is 23.8 Å². The van der Waals surface area contributed by atoms with Gasteiger partial charge in [0.1, 0.15) is 12.4 Å². The van der Waals surface area contributed by atoms with Crippen LogP contribution >= 0.6 is 0 Å². The van der Waals surface area contributed by atoms with Gasteiger partial charge in [0, 0.05) is 12.6 Å². The number of nitrogens with one attached hydrogen (secondary N) is 2. The summed E-state index contributed by atoms with van der Waals surface area (Å²) in [4.78, 5) is 9.51. The van der Waals surface area contributed by atoms with Crippen molar-refractivity contribution in [3.8, 4) is 11.5 Å². The molecule has 1 aliphatic carbocycles. The third kappa shape index (κ3) is 4.36. The summed E-state index contributed by atoms with van der Waals surface area (Å²) in [6.45, 7) is 3.06. The van der Waals surface area contributed by atoms with E-state index in [0.29, 0.717) is 18.4 Å². The van der Waals surface area contributed by atoms with E-state index in [1.165, 1.54) is 31.2 Å². The number of hydrogen-bond acceptors (Lipinski definition) is 6. The molecule has 2 aliphatic rings. The minimum absolute atomic E-state index is 0.316. The predicted molar refractivity (Wildman–Crippen MR) is 88.7 cm³/mol. The molecule has 1 fully saturated rings. The van der Waals surface area contributed by atoms with Crippen LogP contribution < -0.4 is 20.3 Å². The van der Waals surface area contributed by atoms with Crippen LogP contribution in [0, 0.1) is 0 Å². The summed E-state index contributed by atoms with van der Waals surface area (Å²) >= 11 is 0. The van der Waals surface area contributed by atoms with Gasteiger partial charge < -0.3 is 14.8 Å². The molecule has 1 saturated carbocycles. The predicted octanol–water partition coefficient (Wildman–Crippen LogP) is 2.39. The normalized spacial score (nSPS) is 21.1. The second-order valence-corrected chi connectivity index (χ2v) is 6.05. The molecule has 0 aromatic heterocycles. The van der Waals surface area contributed by atoms with Crippen LogP contribution in [0.25, 0.3) is 0 Å². The molecular weight excluding hydrogens is 294 g/mol. The van der Waals surface area contributed by atoms with E-state index >= 15 is 0 Å². The van der Waals surface area contributed by atoms with Gasteiger partial charge in [-0.1, -0.05) is 18.9 Å². The number of hydrogen-bond donors (Lipinski definition) is 2. The second-order valence-electron chi connectivity index (χ2n) is 6.05. The maximum atomic E-state index is 5.78. The van der Waals surface area contributed by atoms with Crippen molar-refractivity contribution in [2.24, 2.45) is 4.99 Å². The van der Waals surface area contributed by atoms with Crippen LogP contribution in [0.5, 0.6) is 11.5 Å². The highest BCUT2D eigenvalue weighted by Gasteiger charge is 2.17. The number of aliphatic imine (C=N–C) groups is 1. The number of ether oxygens (including phenoxy) is 2. The van der Waals surface area contributed by atoms with Crippen molar-refractivity contribution in [3.63, 3.8) is 0 Å². The van der Waals surface area contributed by atoms with Crippen LogP contribution in [0.4, 0.5) is 0 Å². The van der Waals surface area contributed by atoms with Gasteiger partial charge in [0.2, 0.25) is 6.23 Å². The Morgan fingerprint density at radius 3 is 2.83 bits per heavy atom. The van der Waals surface area contributed by atoms with Crippen molar-refractivity contribution in [2.45, 2.75) is 51.4 Å². The zero-order valence-electron chi connectivity index (χ0n) is 13.8. The largest absolute Gasteiger partial charge is 0.493 e. The van der Waals surface area contributed by atoms with E-state index in [4.69, 9.17) is 14.3 Å². The fourth-order valence-corrected chi connectivity index (χ4v) is 2.99. The molecule has 1 atom stereocenters. The van der Waals surface area contributed by atoms with Crippen LogP contribution in [0.2, 0.25) is 0 Å². The summed E-state index contributed by atoms with van der Waals surface area (Å²) in [5, 5.41) is 3.61. The lowest BCUT2D eigenvalue weighted by Crippen LogP contribution is -2.25. The fourth-order valence-electron chi connectivity index (χ4n) is 2.99. The van der Waals surface area contributed by atoms with Crippen LogP contribution in [0.15, 0.2) is 23.2 Å². The standard InChI is InChI=1S/C17H25N3O3/c1-12-19-17(23-20-12)11-22-15-8-7-13(9-16(15)21-2)10-18-14-5-3-4-6-14/h7-9,14,17-18H,3-6,10-11H2,1-2H3,(H,19,20)/t17-/m1/s1. The van der Waals surface area contributed by atoms with E-state index in [-0.39, 0.29) is 6.23 Å². The van der Waals surface area contributed by atoms with Crippen LogP contribution in [-0.2, 0) is 11.4 Å². The highest BCUT2D eigenvalue weighted by atomic mass is 16.7. The van der Waals surface area contributed by atoms with Crippen molar-refractivity contribution in [1.82, 2.24) is 10.8 Å². The Hall–Kier alpha value is -1.79. The Bertz CT molecular complexity index is 556. The summed E-state index contributed by atoms with van der Waals surface area (Å²) in [5.41, 5.74) is 3.92. The lowest BCUT2D eigenvalue weighted by molar-refractivity contribution is 0.00896. The lowest BCUT2D eigenvalue weighted by Gasteiger charge is -2.15. The fraction of sp³-hybridized carbons (Fsp3) is 0.588. The number of methoxy groups -OCH3 is 1. The molecule has 0 saturated heterocycles. The van der Waals surface area contributed by atoms with Crippen molar-refractivity contribution >= 4 is 5.84 Å². The summed E-state index contributed by atoms with van der Waals surface area (Å²) in [6, 6.07) is 6.70. The van der Waals surface area contributed by atoms with Gasteiger partial charge in [-0.05, 0) is 37.5 Å². The van der Waals surface area contributed by atoms with Gasteiger partial charge >= 0.3 is 0 Å². The zero-order valence-corrected chi connectivity index (χ0v) is 13.8. The maximum absolute atomic E-state index is 5.78. The molecule has 23 heavy (non-hydrogen) atoms. The maximum Gasteiger partial charge on any atom is 0.210 e. The van der Waals surface area contributed by atoms with Crippen molar-refractivity contribution in [2.75, 3.05) is 13.7 Å². The molecule has 0 spiro atoms. The number of rotatable bonds is 7. The van der Waals surface area contributed by atoms with Crippen molar-refractivity contribution in [1.29, 1.82) is 0 Å². The molecule has 1 aliphatic heterocycles. The summed E-state index contributed by atoms with van der Waals surface area (Å²) in [7, 11) is 1.66. The van der Waals surface area contributed by atoms with Gasteiger partial charge in [0.05, 0.1) is 7.11 Å². The molecule has 3 rings (SSSR count). The molecule has 1 aromatic carbocycles. The third-order valence-electron chi connectivity index (χ3n) is 4.24. The Labute approximate surface area is 137 Å². The van der Waals surface area contributed by atoms with Gasteiger partial charge in [0.25, 0.3) is 0 Å². The Balaban J connectivity index is 1.55. The van der Waals surface area contributed by atoms with Gasteiger partial charge in [-0.25, -0.2) is 9.83 Å². The average Bonchev–Trinajstić information content (AvgIpc) is 3.22. The molecule has 0 amide bonds. The molecule has 0 bridgehead atoms. The molecule has 2 N–H and O–H groups in total. The van der Waals surface area contributed by atoms with Gasteiger partial charge in [-0.3, -0.25) is 5.48 Å². The molecule has 1 aromatic rings. The molecule has 0 radical (unpaired) electrons. The minimum Gasteiger partial charge on any atom is -0.493 e. The second kappa shape index (κ2) is 7.66. The summed E-state index contributed by atoms with van der Waals surface area (Å²) in [5.74, 6) is 2.21. The van der Waals surface area contributed by atoms with Crippen LogP contribution in [0.3, 0.4) is 0 Å². The first kappa shape index (κ1) is 16.1. The molecule has 1 heterocycles. The van der Waals surface area contributed by atoms with E-state index in [9.17, 15) is 0 Å². The number of hydroxylamine groups is 1. The van der Waals surface area contributed by atoms with E-state index < -0.39 is 0 Å². The average molecular weight is 319 g/mol. The lowest BCUT2D eigenvalue weighted by atomic mass is 10.1. The van der Waals surface area contributed by atoms with Gasteiger partial charge in [-0.15, -0.1) is 0 Å². The first-order valence-electron chi connectivity index (χ1n) is 8.24. The van der Waals surface area contributed by atoms with Gasteiger partial charge in [-0.2, -0.15) is 0 Å². The topological polar surface area (TPSA) is 64.1 Å². The quantitative estimate of drug-likeness (QED) is 0.808. The number of benzene rings is 1. The first-order chi connectivity index (χ1) is 11.2. The minimum atomic E-state index is -0.316. The van der Waals surface area contributed by atoms with Crippen molar-refractivity contribution < 1.29 is 14.3 Å². The molecule has 6 heteroatoms. The SMILES string of the molecule is COc1cc(CNC2CCCC2)ccc1OC[C@@H]1N=C(C)NO1.